The van der Waals surface area contributed by atoms with Gasteiger partial charge in [0.15, 0.2) is 11.8 Å². The Hall–Kier alpha value is -2.63. The number of aromatic nitrogens is 5. The van der Waals surface area contributed by atoms with E-state index < -0.39 is 0 Å². The number of ether oxygens (including phenoxy) is 1. The van der Waals surface area contributed by atoms with Gasteiger partial charge in [0.25, 0.3) is 0 Å². The first-order valence-electron chi connectivity index (χ1n) is 10.5. The lowest BCUT2D eigenvalue weighted by Gasteiger charge is -2.13. The van der Waals surface area contributed by atoms with E-state index in [2.05, 4.69) is 38.9 Å². The molecule has 2 N–H and O–H groups in total. The lowest BCUT2D eigenvalue weighted by Crippen LogP contribution is -2.38. The van der Waals surface area contributed by atoms with E-state index in [1.165, 1.54) is 5.69 Å². The molecule has 3 rings (SSSR count). The van der Waals surface area contributed by atoms with Gasteiger partial charge in [0.1, 0.15) is 11.6 Å². The third-order valence-electron chi connectivity index (χ3n) is 5.12. The normalized spacial score (nSPS) is 11.2. The van der Waals surface area contributed by atoms with Crippen LogP contribution in [0.3, 0.4) is 0 Å². The Morgan fingerprint density at radius 2 is 1.84 bits per heavy atom. The van der Waals surface area contributed by atoms with Crippen LogP contribution in [-0.2, 0) is 26.7 Å². The molecule has 32 heavy (non-hydrogen) atoms. The zero-order valence-corrected chi connectivity index (χ0v) is 21.8. The second-order valence-corrected chi connectivity index (χ2v) is 7.52. The zero-order valence-electron chi connectivity index (χ0n) is 19.4. The van der Waals surface area contributed by atoms with E-state index in [1.807, 2.05) is 54.4 Å². The number of aryl methyl sites for hydroxylation is 4. The minimum atomic E-state index is 0. The molecule has 3 aromatic rings. The van der Waals surface area contributed by atoms with Crippen molar-refractivity contribution in [1.29, 1.82) is 0 Å². The number of hydrogen-bond acceptors (Lipinski definition) is 5. The van der Waals surface area contributed by atoms with Crippen LogP contribution in [0, 0.1) is 20.8 Å². The van der Waals surface area contributed by atoms with E-state index >= 15 is 0 Å². The molecule has 0 atom stereocenters. The summed E-state index contributed by atoms with van der Waals surface area (Å²) >= 11 is 0. The van der Waals surface area contributed by atoms with Gasteiger partial charge in [-0.3, -0.25) is 4.68 Å². The molecule has 174 valence electrons. The van der Waals surface area contributed by atoms with E-state index in [1.54, 1.807) is 7.11 Å². The van der Waals surface area contributed by atoms with Crippen molar-refractivity contribution in [2.75, 3.05) is 13.7 Å². The maximum atomic E-state index is 5.22. The molecule has 0 saturated carbocycles. The fraction of sp³-hybridized carbons (Fsp3) is 0.455. The SMILES string of the molecule is COc1ccc(CN=C(NCCCn2nc(C)cc2C)NCc2nnc(C)n2C)cc1.I. The van der Waals surface area contributed by atoms with Crippen molar-refractivity contribution in [3.8, 4) is 5.75 Å². The van der Waals surface area contributed by atoms with E-state index in [0.717, 1.165) is 54.1 Å². The van der Waals surface area contributed by atoms with Crippen LogP contribution in [0.2, 0.25) is 0 Å². The molecule has 0 bridgehead atoms. The summed E-state index contributed by atoms with van der Waals surface area (Å²) in [6, 6.07) is 10.0. The van der Waals surface area contributed by atoms with Gasteiger partial charge in [-0.15, -0.1) is 34.2 Å². The minimum absolute atomic E-state index is 0. The number of benzene rings is 1. The summed E-state index contributed by atoms with van der Waals surface area (Å²) in [5.74, 6) is 3.32. The molecule has 9 nitrogen and oxygen atoms in total. The highest BCUT2D eigenvalue weighted by Gasteiger charge is 2.07. The number of aliphatic imine (C=N–C) groups is 1. The number of halogens is 1. The second kappa shape index (κ2) is 12.4. The van der Waals surface area contributed by atoms with Gasteiger partial charge in [-0.2, -0.15) is 5.10 Å². The van der Waals surface area contributed by atoms with E-state index in [-0.39, 0.29) is 24.0 Å². The average Bonchev–Trinajstić information content (AvgIpc) is 3.27. The molecule has 2 heterocycles. The van der Waals surface area contributed by atoms with E-state index in [4.69, 9.17) is 9.73 Å². The Morgan fingerprint density at radius 1 is 1.09 bits per heavy atom. The Kier molecular flexibility index (Phi) is 9.95. The first-order valence-corrected chi connectivity index (χ1v) is 10.5. The van der Waals surface area contributed by atoms with Gasteiger partial charge in [0, 0.05) is 25.8 Å². The van der Waals surface area contributed by atoms with Gasteiger partial charge in [0.05, 0.1) is 25.9 Å². The molecule has 0 amide bonds. The predicted molar refractivity (Wildman–Crippen MR) is 136 cm³/mol. The summed E-state index contributed by atoms with van der Waals surface area (Å²) in [4.78, 5) is 4.74. The molecule has 0 unspecified atom stereocenters. The van der Waals surface area contributed by atoms with Crippen LogP contribution in [0.4, 0.5) is 0 Å². The van der Waals surface area contributed by atoms with E-state index in [0.29, 0.717) is 13.1 Å². The maximum Gasteiger partial charge on any atom is 0.191 e. The number of rotatable bonds is 9. The molecular formula is C22H33IN8O. The summed E-state index contributed by atoms with van der Waals surface area (Å²) < 4.78 is 9.24. The van der Waals surface area contributed by atoms with Crippen molar-refractivity contribution >= 4 is 29.9 Å². The minimum Gasteiger partial charge on any atom is -0.497 e. The molecule has 0 aliphatic carbocycles. The second-order valence-electron chi connectivity index (χ2n) is 7.52. The summed E-state index contributed by atoms with van der Waals surface area (Å²) in [5, 5.41) is 19.6. The topological polar surface area (TPSA) is 94.2 Å². The standard InChI is InChI=1S/C22H32N8O.HI/c1-16-13-17(2)30(28-16)12-6-11-23-22(25-15-21-27-26-18(3)29(21)4)24-14-19-7-9-20(31-5)10-8-19;/h7-10,13H,6,11-12,14-15H2,1-5H3,(H2,23,24,25);1H. The number of nitrogens with zero attached hydrogens (tertiary/aromatic N) is 6. The molecule has 0 spiro atoms. The summed E-state index contributed by atoms with van der Waals surface area (Å²) in [7, 11) is 3.63. The van der Waals surface area contributed by atoms with Crippen LogP contribution in [0.15, 0.2) is 35.3 Å². The van der Waals surface area contributed by atoms with Crippen LogP contribution in [0.1, 0.15) is 35.0 Å². The number of guanidine groups is 1. The number of methoxy groups -OCH3 is 1. The van der Waals surface area contributed by atoms with Crippen molar-refractivity contribution in [2.24, 2.45) is 12.0 Å². The highest BCUT2D eigenvalue weighted by molar-refractivity contribution is 14.0. The quantitative estimate of drug-likeness (QED) is 0.184. The molecule has 0 aliphatic heterocycles. The van der Waals surface area contributed by atoms with E-state index in [9.17, 15) is 0 Å². The van der Waals surface area contributed by atoms with Gasteiger partial charge in [0.2, 0.25) is 0 Å². The number of nitrogens with one attached hydrogen (secondary N) is 2. The van der Waals surface area contributed by atoms with Crippen LogP contribution >= 0.6 is 24.0 Å². The molecule has 0 saturated heterocycles. The summed E-state index contributed by atoms with van der Waals surface area (Å²) in [5.41, 5.74) is 3.34. The van der Waals surface area contributed by atoms with Gasteiger partial charge >= 0.3 is 0 Å². The van der Waals surface area contributed by atoms with Crippen molar-refractivity contribution < 1.29 is 4.74 Å². The Bertz CT molecular complexity index is 1010. The van der Waals surface area contributed by atoms with Gasteiger partial charge in [-0.25, -0.2) is 4.99 Å². The summed E-state index contributed by atoms with van der Waals surface area (Å²) in [6.07, 6.45) is 0.939. The third-order valence-corrected chi connectivity index (χ3v) is 5.12. The van der Waals surface area contributed by atoms with Gasteiger partial charge in [-0.05, 0) is 51.0 Å². The smallest absolute Gasteiger partial charge is 0.191 e. The zero-order chi connectivity index (χ0) is 22.2. The van der Waals surface area contributed by atoms with Crippen molar-refractivity contribution in [3.05, 3.63) is 58.9 Å². The Morgan fingerprint density at radius 3 is 2.44 bits per heavy atom. The monoisotopic (exact) mass is 552 g/mol. The lowest BCUT2D eigenvalue weighted by atomic mass is 10.2. The number of hydrogen-bond donors (Lipinski definition) is 2. The first kappa shape index (κ1) is 25.6. The molecule has 1 aromatic carbocycles. The Balaban J connectivity index is 0.00000363. The van der Waals surface area contributed by atoms with Gasteiger partial charge in [-0.1, -0.05) is 12.1 Å². The first-order chi connectivity index (χ1) is 15.0. The maximum absolute atomic E-state index is 5.22. The fourth-order valence-corrected chi connectivity index (χ4v) is 3.18. The molecule has 0 fully saturated rings. The van der Waals surface area contributed by atoms with Crippen LogP contribution in [-0.4, -0.2) is 44.2 Å². The highest BCUT2D eigenvalue weighted by Crippen LogP contribution is 2.12. The molecular weight excluding hydrogens is 519 g/mol. The van der Waals surface area contributed by atoms with Crippen LogP contribution < -0.4 is 15.4 Å². The highest BCUT2D eigenvalue weighted by atomic mass is 127. The van der Waals surface area contributed by atoms with Crippen molar-refractivity contribution in [2.45, 2.75) is 46.8 Å². The fourth-order valence-electron chi connectivity index (χ4n) is 3.18. The van der Waals surface area contributed by atoms with Crippen LogP contribution in [0.25, 0.3) is 0 Å². The largest absolute Gasteiger partial charge is 0.497 e. The Labute approximate surface area is 206 Å². The molecule has 2 aromatic heterocycles. The molecule has 10 heteroatoms. The summed E-state index contributed by atoms with van der Waals surface area (Å²) in [6.45, 7) is 8.79. The van der Waals surface area contributed by atoms with Gasteiger partial charge < -0.3 is 19.9 Å². The molecule has 0 radical (unpaired) electrons. The lowest BCUT2D eigenvalue weighted by molar-refractivity contribution is 0.414. The molecule has 0 aliphatic rings. The average molecular weight is 552 g/mol. The predicted octanol–water partition coefficient (Wildman–Crippen LogP) is 2.89. The van der Waals surface area contributed by atoms with Crippen LogP contribution in [0.5, 0.6) is 5.75 Å². The van der Waals surface area contributed by atoms with Crippen molar-refractivity contribution in [3.63, 3.8) is 0 Å². The third kappa shape index (κ3) is 7.21. The van der Waals surface area contributed by atoms with Crippen molar-refractivity contribution in [1.82, 2.24) is 35.2 Å².